The van der Waals surface area contributed by atoms with Crippen LogP contribution in [0.5, 0.6) is 5.75 Å². The summed E-state index contributed by atoms with van der Waals surface area (Å²) >= 11 is 0. The minimum atomic E-state index is -0.954. The van der Waals surface area contributed by atoms with E-state index < -0.39 is 12.0 Å². The van der Waals surface area contributed by atoms with Crippen LogP contribution in [0.4, 0.5) is 0 Å². The summed E-state index contributed by atoms with van der Waals surface area (Å²) < 4.78 is 0. The van der Waals surface area contributed by atoms with Gasteiger partial charge in [-0.15, -0.1) is 0 Å². The first kappa shape index (κ1) is 13.8. The maximum atomic E-state index is 11.4. The third-order valence-electron chi connectivity index (χ3n) is 3.27. The molecule has 0 aromatic heterocycles. The first-order valence-corrected chi connectivity index (χ1v) is 6.27. The predicted molar refractivity (Wildman–Crippen MR) is 70.7 cm³/mol. The molecular weight excluding hydrogens is 246 g/mol. The van der Waals surface area contributed by atoms with Crippen LogP contribution < -0.4 is 5.43 Å². The molecule has 0 spiro atoms. The van der Waals surface area contributed by atoms with Crippen LogP contribution in [0.15, 0.2) is 24.3 Å². The number of aliphatic carboxylic acids is 1. The van der Waals surface area contributed by atoms with Gasteiger partial charge in [-0.05, 0) is 24.7 Å². The second-order valence-corrected chi connectivity index (χ2v) is 4.79. The normalized spacial score (nSPS) is 19.2. The van der Waals surface area contributed by atoms with Crippen LogP contribution in [0.3, 0.4) is 0 Å². The maximum absolute atomic E-state index is 11.4. The highest BCUT2D eigenvalue weighted by Gasteiger charge is 2.24. The lowest BCUT2D eigenvalue weighted by molar-refractivity contribution is -0.141. The molecule has 0 bridgehead atoms. The maximum Gasteiger partial charge on any atom is 0.326 e. The molecule has 1 aliphatic rings. The Kier molecular flexibility index (Phi) is 4.36. The predicted octanol–water partition coefficient (Wildman–Crippen LogP) is 0.270. The first-order valence-electron chi connectivity index (χ1n) is 6.27. The number of hydrogen-bond acceptors (Lipinski definition) is 5. The third-order valence-corrected chi connectivity index (χ3v) is 3.27. The Morgan fingerprint density at radius 3 is 2.58 bits per heavy atom. The van der Waals surface area contributed by atoms with Gasteiger partial charge < -0.3 is 15.1 Å². The fourth-order valence-corrected chi connectivity index (χ4v) is 2.09. The molecule has 2 rings (SSSR count). The molecule has 0 aliphatic carbocycles. The van der Waals surface area contributed by atoms with Gasteiger partial charge in [-0.2, -0.15) is 0 Å². The van der Waals surface area contributed by atoms with E-state index in [2.05, 4.69) is 10.3 Å². The molecular formula is C13H19N3O3. The average molecular weight is 265 g/mol. The van der Waals surface area contributed by atoms with Gasteiger partial charge in [0.1, 0.15) is 11.8 Å². The number of carboxylic acids is 1. The van der Waals surface area contributed by atoms with Crippen molar-refractivity contribution in [1.82, 2.24) is 15.3 Å². The van der Waals surface area contributed by atoms with E-state index in [4.69, 9.17) is 0 Å². The zero-order valence-electron chi connectivity index (χ0n) is 10.9. The van der Waals surface area contributed by atoms with Crippen LogP contribution in [0.1, 0.15) is 11.6 Å². The van der Waals surface area contributed by atoms with E-state index in [0.29, 0.717) is 5.56 Å². The van der Waals surface area contributed by atoms with Crippen LogP contribution in [0, 0.1) is 0 Å². The van der Waals surface area contributed by atoms with Crippen LogP contribution in [-0.4, -0.2) is 59.3 Å². The number of phenols is 1. The highest BCUT2D eigenvalue weighted by molar-refractivity contribution is 5.75. The number of rotatable bonds is 4. The molecule has 0 saturated carbocycles. The molecule has 3 N–H and O–H groups in total. The number of aromatic hydroxyl groups is 1. The van der Waals surface area contributed by atoms with Crippen LogP contribution >= 0.6 is 0 Å². The lowest BCUT2D eigenvalue weighted by Gasteiger charge is -2.34. The molecule has 6 nitrogen and oxygen atoms in total. The van der Waals surface area contributed by atoms with Gasteiger partial charge in [-0.1, -0.05) is 12.1 Å². The molecule has 1 unspecified atom stereocenters. The molecule has 19 heavy (non-hydrogen) atoms. The van der Waals surface area contributed by atoms with E-state index in [1.165, 1.54) is 12.1 Å². The molecule has 1 aromatic carbocycles. The Morgan fingerprint density at radius 2 is 2.00 bits per heavy atom. The number of hydrazine groups is 1. The Morgan fingerprint density at radius 1 is 1.32 bits per heavy atom. The van der Waals surface area contributed by atoms with Crippen LogP contribution in [-0.2, 0) is 4.79 Å². The Labute approximate surface area is 112 Å². The second kappa shape index (κ2) is 6.01. The summed E-state index contributed by atoms with van der Waals surface area (Å²) in [6.45, 7) is 3.36. The van der Waals surface area contributed by atoms with Crippen molar-refractivity contribution in [3.05, 3.63) is 29.8 Å². The molecule has 1 saturated heterocycles. The molecule has 0 amide bonds. The monoisotopic (exact) mass is 265 g/mol. The van der Waals surface area contributed by atoms with Crippen molar-refractivity contribution < 1.29 is 15.0 Å². The highest BCUT2D eigenvalue weighted by atomic mass is 16.4. The van der Waals surface area contributed by atoms with E-state index in [-0.39, 0.29) is 5.75 Å². The van der Waals surface area contributed by atoms with Gasteiger partial charge in [0, 0.05) is 26.2 Å². The molecule has 1 atom stereocenters. The zero-order chi connectivity index (χ0) is 13.8. The van der Waals surface area contributed by atoms with Crippen molar-refractivity contribution >= 4 is 5.97 Å². The number of likely N-dealkylation sites (N-methyl/N-ethyl adjacent to an activating group) is 1. The SMILES string of the molecule is CN1CCN(NC(C(=O)O)c2cccc(O)c2)CC1. The van der Waals surface area contributed by atoms with E-state index in [0.717, 1.165) is 26.2 Å². The summed E-state index contributed by atoms with van der Waals surface area (Å²) in [5, 5.41) is 20.7. The quantitative estimate of drug-likeness (QED) is 0.725. The summed E-state index contributed by atoms with van der Waals surface area (Å²) in [6, 6.07) is 5.50. The summed E-state index contributed by atoms with van der Waals surface area (Å²) in [4.78, 5) is 13.6. The van der Waals surface area contributed by atoms with Gasteiger partial charge in [-0.3, -0.25) is 4.79 Å². The van der Waals surface area contributed by atoms with Crippen molar-refractivity contribution in [3.8, 4) is 5.75 Å². The molecule has 1 aromatic rings. The molecule has 1 heterocycles. The van der Waals surface area contributed by atoms with Gasteiger partial charge >= 0.3 is 5.97 Å². The largest absolute Gasteiger partial charge is 0.508 e. The second-order valence-electron chi connectivity index (χ2n) is 4.79. The van der Waals surface area contributed by atoms with Gasteiger partial charge in [0.05, 0.1) is 0 Å². The number of carbonyl (C=O) groups is 1. The lowest BCUT2D eigenvalue weighted by atomic mass is 10.1. The Hall–Kier alpha value is -1.63. The van der Waals surface area contributed by atoms with Crippen molar-refractivity contribution in [1.29, 1.82) is 0 Å². The van der Waals surface area contributed by atoms with Crippen molar-refractivity contribution in [3.63, 3.8) is 0 Å². The topological polar surface area (TPSA) is 76.0 Å². The standard InChI is InChI=1S/C13H19N3O3/c1-15-5-7-16(8-6-15)14-12(13(18)19)10-3-2-4-11(17)9-10/h2-4,9,12,14,17H,5-8H2,1H3,(H,18,19). The van der Waals surface area contributed by atoms with Gasteiger partial charge in [0.2, 0.25) is 0 Å². The van der Waals surface area contributed by atoms with Crippen molar-refractivity contribution in [2.75, 3.05) is 33.2 Å². The van der Waals surface area contributed by atoms with Gasteiger partial charge in [-0.25, -0.2) is 10.4 Å². The van der Waals surface area contributed by atoms with Crippen molar-refractivity contribution in [2.24, 2.45) is 0 Å². The lowest BCUT2D eigenvalue weighted by Crippen LogP contribution is -2.52. The molecule has 6 heteroatoms. The van der Waals surface area contributed by atoms with E-state index >= 15 is 0 Å². The van der Waals surface area contributed by atoms with Gasteiger partial charge in [0.15, 0.2) is 0 Å². The molecule has 1 fully saturated rings. The molecule has 0 radical (unpaired) electrons. The number of nitrogens with zero attached hydrogens (tertiary/aromatic N) is 2. The fourth-order valence-electron chi connectivity index (χ4n) is 2.09. The van der Waals surface area contributed by atoms with E-state index in [1.54, 1.807) is 12.1 Å². The Balaban J connectivity index is 2.06. The number of hydrogen-bond donors (Lipinski definition) is 3. The fraction of sp³-hybridized carbons (Fsp3) is 0.462. The first-order chi connectivity index (χ1) is 9.06. The minimum absolute atomic E-state index is 0.0731. The van der Waals surface area contributed by atoms with E-state index in [1.807, 2.05) is 12.1 Å². The molecule has 104 valence electrons. The third kappa shape index (κ3) is 3.66. The summed E-state index contributed by atoms with van der Waals surface area (Å²) in [6.07, 6.45) is 0. The smallest absolute Gasteiger partial charge is 0.326 e. The highest BCUT2D eigenvalue weighted by Crippen LogP contribution is 2.19. The number of nitrogens with one attached hydrogen (secondary N) is 1. The number of phenolic OH excluding ortho intramolecular Hbond substituents is 1. The molecule has 1 aliphatic heterocycles. The van der Waals surface area contributed by atoms with Crippen molar-refractivity contribution in [2.45, 2.75) is 6.04 Å². The summed E-state index contributed by atoms with van der Waals surface area (Å²) in [7, 11) is 2.04. The summed E-state index contributed by atoms with van der Waals surface area (Å²) in [5.74, 6) is -0.881. The number of carboxylic acid groups (broad SMARTS) is 1. The van der Waals surface area contributed by atoms with Crippen LogP contribution in [0.2, 0.25) is 0 Å². The minimum Gasteiger partial charge on any atom is -0.508 e. The van der Waals surface area contributed by atoms with E-state index in [9.17, 15) is 15.0 Å². The van der Waals surface area contributed by atoms with Crippen LogP contribution in [0.25, 0.3) is 0 Å². The Bertz CT molecular complexity index is 445. The number of benzene rings is 1. The number of piperazine rings is 1. The zero-order valence-corrected chi connectivity index (χ0v) is 10.9. The average Bonchev–Trinajstić information content (AvgIpc) is 2.37. The summed E-state index contributed by atoms with van der Waals surface area (Å²) in [5.41, 5.74) is 3.56. The van der Waals surface area contributed by atoms with Gasteiger partial charge in [0.25, 0.3) is 0 Å².